The van der Waals surface area contributed by atoms with E-state index in [9.17, 15) is 18.8 Å². The van der Waals surface area contributed by atoms with E-state index in [1.807, 2.05) is 12.1 Å². The first-order valence-corrected chi connectivity index (χ1v) is 9.45. The minimum Gasteiger partial charge on any atom is -0.481 e. The molecule has 0 aromatic heterocycles. The number of carbonyl (C=O) groups excluding carboxylic acids is 3. The average molecular weight is 403 g/mol. The number of hydrogen-bond donors (Lipinski definition) is 2. The summed E-state index contributed by atoms with van der Waals surface area (Å²) in [6, 6.07) is 12.5. The lowest BCUT2D eigenvalue weighted by atomic mass is 10.2. The van der Waals surface area contributed by atoms with Gasteiger partial charge in [-0.05, 0) is 43.3 Å². The number of amides is 3. The number of fused-ring (bicyclic) bond motifs is 1. The van der Waals surface area contributed by atoms with Crippen LogP contribution in [0.2, 0.25) is 0 Å². The normalized spacial score (nSPS) is 14.1. The lowest BCUT2D eigenvalue weighted by molar-refractivity contribution is -0.132. The number of anilines is 1. The first kappa shape index (κ1) is 19.7. The molecule has 0 fully saturated rings. The van der Waals surface area contributed by atoms with Gasteiger partial charge in [-0.25, -0.2) is 4.39 Å². The van der Waals surface area contributed by atoms with E-state index in [1.54, 1.807) is 12.1 Å². The third kappa shape index (κ3) is 4.80. The van der Waals surface area contributed by atoms with E-state index in [1.165, 1.54) is 47.9 Å². The van der Waals surface area contributed by atoms with Crippen LogP contribution in [0, 0.1) is 5.82 Å². The van der Waals surface area contributed by atoms with Gasteiger partial charge in [-0.1, -0.05) is 12.1 Å². The second kappa shape index (κ2) is 8.75. The summed E-state index contributed by atoms with van der Waals surface area (Å²) in [4.78, 5) is 38.7. The highest BCUT2D eigenvalue weighted by Crippen LogP contribution is 2.34. The lowest BCUT2D eigenvalue weighted by Crippen LogP contribution is -2.51. The Morgan fingerprint density at radius 1 is 1.18 bits per heavy atom. The standard InChI is InChI=1S/C19H18FN3O4S/c1-12(27-14-8-6-13(20)7-9-14)19(26)22-21-17(24)10-23-15-4-2-3-5-16(15)28-11-18(23)25/h2-9,12H,10-11H2,1H3,(H,21,24)(H,22,26). The van der Waals surface area contributed by atoms with Crippen molar-refractivity contribution in [3.63, 3.8) is 0 Å². The molecular formula is C19H18FN3O4S. The minimum absolute atomic E-state index is 0.182. The highest BCUT2D eigenvalue weighted by molar-refractivity contribution is 8.00. The van der Waals surface area contributed by atoms with Crippen LogP contribution in [0.15, 0.2) is 53.4 Å². The number of hydrogen-bond acceptors (Lipinski definition) is 5. The number of rotatable bonds is 5. The van der Waals surface area contributed by atoms with Gasteiger partial charge in [0.2, 0.25) is 5.91 Å². The lowest BCUT2D eigenvalue weighted by Gasteiger charge is -2.28. The minimum atomic E-state index is -0.917. The second-order valence-electron chi connectivity index (χ2n) is 5.99. The van der Waals surface area contributed by atoms with Crippen LogP contribution >= 0.6 is 11.8 Å². The molecule has 0 radical (unpaired) electrons. The Morgan fingerprint density at radius 2 is 1.89 bits per heavy atom. The van der Waals surface area contributed by atoms with Gasteiger partial charge < -0.3 is 9.64 Å². The van der Waals surface area contributed by atoms with Gasteiger partial charge in [0.25, 0.3) is 11.8 Å². The molecule has 2 N–H and O–H groups in total. The van der Waals surface area contributed by atoms with Crippen LogP contribution in [0.1, 0.15) is 6.92 Å². The monoisotopic (exact) mass is 403 g/mol. The summed E-state index contributed by atoms with van der Waals surface area (Å²) >= 11 is 1.42. The van der Waals surface area contributed by atoms with Crippen molar-refractivity contribution in [3.8, 4) is 5.75 Å². The highest BCUT2D eigenvalue weighted by atomic mass is 32.2. The van der Waals surface area contributed by atoms with Crippen molar-refractivity contribution in [2.45, 2.75) is 17.9 Å². The average Bonchev–Trinajstić information content (AvgIpc) is 2.70. The number of halogens is 1. The molecule has 0 bridgehead atoms. The summed E-state index contributed by atoms with van der Waals surface area (Å²) in [6.45, 7) is 1.27. The predicted octanol–water partition coefficient (Wildman–Crippen LogP) is 1.88. The van der Waals surface area contributed by atoms with Crippen molar-refractivity contribution in [1.82, 2.24) is 10.9 Å². The maximum absolute atomic E-state index is 12.9. The fourth-order valence-corrected chi connectivity index (χ4v) is 3.45. The summed E-state index contributed by atoms with van der Waals surface area (Å²) in [5.41, 5.74) is 5.20. The van der Waals surface area contributed by atoms with E-state index in [4.69, 9.17) is 4.74 Å². The van der Waals surface area contributed by atoms with Gasteiger partial charge in [0.1, 0.15) is 18.1 Å². The van der Waals surface area contributed by atoms with E-state index < -0.39 is 23.7 Å². The van der Waals surface area contributed by atoms with Crippen LogP contribution in [0.5, 0.6) is 5.75 Å². The molecule has 1 aliphatic heterocycles. The number of carbonyl (C=O) groups is 3. The Morgan fingerprint density at radius 3 is 2.64 bits per heavy atom. The largest absolute Gasteiger partial charge is 0.481 e. The van der Waals surface area contributed by atoms with Gasteiger partial charge in [-0.15, -0.1) is 11.8 Å². The van der Waals surface area contributed by atoms with Crippen LogP contribution in [-0.2, 0) is 14.4 Å². The number of nitrogens with one attached hydrogen (secondary N) is 2. The molecule has 1 aliphatic rings. The topological polar surface area (TPSA) is 87.7 Å². The predicted molar refractivity (Wildman–Crippen MR) is 102 cm³/mol. The second-order valence-corrected chi connectivity index (χ2v) is 7.00. The summed E-state index contributed by atoms with van der Waals surface area (Å²) in [7, 11) is 0. The third-order valence-corrected chi connectivity index (χ3v) is 4.98. The molecule has 28 heavy (non-hydrogen) atoms. The summed E-state index contributed by atoms with van der Waals surface area (Å²) in [5, 5.41) is 0. The van der Waals surface area contributed by atoms with E-state index in [2.05, 4.69) is 10.9 Å². The number of hydrazine groups is 1. The Balaban J connectivity index is 1.52. The Hall–Kier alpha value is -3.07. The first-order valence-electron chi connectivity index (χ1n) is 8.47. The SMILES string of the molecule is CC(Oc1ccc(F)cc1)C(=O)NNC(=O)CN1C(=O)CSc2ccccc21. The molecule has 0 saturated heterocycles. The number of thioether (sulfide) groups is 1. The van der Waals surface area contributed by atoms with Gasteiger partial charge in [0.15, 0.2) is 6.10 Å². The molecule has 2 aromatic rings. The van der Waals surface area contributed by atoms with Crippen LogP contribution in [0.25, 0.3) is 0 Å². The number of benzene rings is 2. The van der Waals surface area contributed by atoms with Crippen LogP contribution in [0.3, 0.4) is 0 Å². The molecule has 0 saturated carbocycles. The molecule has 2 aromatic carbocycles. The van der Waals surface area contributed by atoms with Crippen LogP contribution in [-0.4, -0.2) is 36.1 Å². The van der Waals surface area contributed by atoms with Crippen molar-refractivity contribution < 1.29 is 23.5 Å². The van der Waals surface area contributed by atoms with Crippen LogP contribution in [0.4, 0.5) is 10.1 Å². The molecule has 3 amide bonds. The Labute approximate surface area is 165 Å². The number of ether oxygens (including phenoxy) is 1. The zero-order valence-corrected chi connectivity index (χ0v) is 15.8. The van der Waals surface area contributed by atoms with Crippen molar-refractivity contribution in [3.05, 3.63) is 54.3 Å². The molecular weight excluding hydrogens is 385 g/mol. The van der Waals surface area contributed by atoms with Gasteiger partial charge >= 0.3 is 0 Å². The van der Waals surface area contributed by atoms with Gasteiger partial charge in [0, 0.05) is 4.90 Å². The van der Waals surface area contributed by atoms with Crippen LogP contribution < -0.4 is 20.5 Å². The van der Waals surface area contributed by atoms with E-state index >= 15 is 0 Å². The van der Waals surface area contributed by atoms with Gasteiger partial charge in [-0.2, -0.15) is 0 Å². The molecule has 1 unspecified atom stereocenters. The fourth-order valence-electron chi connectivity index (χ4n) is 2.51. The van der Waals surface area contributed by atoms with Gasteiger partial charge in [-0.3, -0.25) is 25.2 Å². The Kier molecular flexibility index (Phi) is 6.15. The molecule has 1 atom stereocenters. The Bertz CT molecular complexity index is 891. The molecule has 7 nitrogen and oxygen atoms in total. The molecule has 0 aliphatic carbocycles. The number of nitrogens with zero attached hydrogens (tertiary/aromatic N) is 1. The quantitative estimate of drug-likeness (QED) is 0.745. The molecule has 3 rings (SSSR count). The number of para-hydroxylation sites is 1. The molecule has 0 spiro atoms. The van der Waals surface area contributed by atoms with Crippen molar-refractivity contribution in [1.29, 1.82) is 0 Å². The van der Waals surface area contributed by atoms with Crippen molar-refractivity contribution in [2.24, 2.45) is 0 Å². The summed E-state index contributed by atoms with van der Waals surface area (Å²) in [5.74, 6) is -1.15. The van der Waals surface area contributed by atoms with Crippen molar-refractivity contribution in [2.75, 3.05) is 17.2 Å². The maximum Gasteiger partial charge on any atom is 0.279 e. The zero-order valence-electron chi connectivity index (χ0n) is 15.0. The van der Waals surface area contributed by atoms with E-state index in [-0.39, 0.29) is 18.2 Å². The first-order chi connectivity index (χ1) is 13.4. The smallest absolute Gasteiger partial charge is 0.279 e. The summed E-state index contributed by atoms with van der Waals surface area (Å²) < 4.78 is 18.3. The molecule has 9 heteroatoms. The summed E-state index contributed by atoms with van der Waals surface area (Å²) in [6.07, 6.45) is -0.917. The zero-order chi connectivity index (χ0) is 20.1. The molecule has 146 valence electrons. The van der Waals surface area contributed by atoms with E-state index in [0.29, 0.717) is 11.4 Å². The maximum atomic E-state index is 12.9. The van der Waals surface area contributed by atoms with E-state index in [0.717, 1.165) is 4.90 Å². The fraction of sp³-hybridized carbons (Fsp3) is 0.211. The molecule has 1 heterocycles. The highest BCUT2D eigenvalue weighted by Gasteiger charge is 2.26. The van der Waals surface area contributed by atoms with Gasteiger partial charge in [0.05, 0.1) is 11.4 Å². The van der Waals surface area contributed by atoms with Crippen molar-refractivity contribution >= 4 is 35.2 Å². The third-order valence-electron chi connectivity index (χ3n) is 3.93.